The predicted molar refractivity (Wildman–Crippen MR) is 257 cm³/mol. The van der Waals surface area contributed by atoms with Crippen molar-refractivity contribution in [3.8, 4) is 0 Å². The molecule has 64 heavy (non-hydrogen) atoms. The van der Waals surface area contributed by atoms with Crippen molar-refractivity contribution in [2.45, 2.75) is 81.1 Å². The molecule has 12 heterocycles. The average Bonchev–Trinajstić information content (AvgIpc) is 4.16. The number of rotatable bonds is 4. The monoisotopic (exact) mass is 894 g/mol. The number of thiazole rings is 1. The van der Waals surface area contributed by atoms with Gasteiger partial charge in [-0.2, -0.15) is 17.6 Å². The number of hydrogen-bond donors (Lipinski definition) is 0. The largest absolute Gasteiger partial charge is 0.459 e. The number of fused-ring (bicyclic) bond motifs is 12. The van der Waals surface area contributed by atoms with Gasteiger partial charge in [0.25, 0.3) is 23.3 Å². The van der Waals surface area contributed by atoms with Crippen LogP contribution in [0, 0.1) is 27.7 Å². The molecule has 0 aliphatic rings. The Morgan fingerprint density at radius 1 is 0.531 bits per heavy atom. The highest BCUT2D eigenvalue weighted by Crippen LogP contribution is 2.30. The molecule has 328 valence electrons. The molecule has 12 aromatic heterocycles. The summed E-state index contributed by atoms with van der Waals surface area (Å²) in [5.41, 5.74) is 11.3. The van der Waals surface area contributed by atoms with E-state index in [4.69, 9.17) is 8.83 Å². The summed E-state index contributed by atoms with van der Waals surface area (Å²) in [6.45, 7) is 16.9. The number of imidazole rings is 4. The highest BCUT2D eigenvalue weighted by molar-refractivity contribution is 7.19. The Bertz CT molecular complexity index is 3340. The molecule has 0 atom stereocenters. The number of furan rings is 1. The van der Waals surface area contributed by atoms with Gasteiger partial charge in [0.2, 0.25) is 16.6 Å². The minimum Gasteiger partial charge on any atom is -0.459 e. The lowest BCUT2D eigenvalue weighted by Gasteiger charge is -1.93. The van der Waals surface area contributed by atoms with E-state index in [1.165, 1.54) is 65.6 Å². The fraction of sp³-hybridized carbons (Fsp3) is 0.320. The van der Waals surface area contributed by atoms with E-state index in [2.05, 4.69) is 196 Å². The minimum atomic E-state index is 0.713. The van der Waals surface area contributed by atoms with Crippen molar-refractivity contribution in [3.63, 3.8) is 0 Å². The molecule has 0 amide bonds. The third-order valence-corrected chi connectivity index (χ3v) is 14.5. The van der Waals surface area contributed by atoms with Crippen LogP contribution in [0.25, 0.3) is 64.4 Å². The SMILES string of the molecule is CCc1n2ccc3c(C)coc3c2c[n+]1C.CCc1n2ccc3c(C)csc3c2c[n+]1C.CCc1n2ccc3nc(C)oc3c2c[n+]1C.CCc1n2ccc3nc(C)sc3c2c[n+]1C. The van der Waals surface area contributed by atoms with Gasteiger partial charge in [0.05, 0.1) is 74.5 Å². The van der Waals surface area contributed by atoms with E-state index < -0.39 is 0 Å². The van der Waals surface area contributed by atoms with Crippen molar-refractivity contribution in [1.29, 1.82) is 0 Å². The Morgan fingerprint density at radius 3 is 1.56 bits per heavy atom. The van der Waals surface area contributed by atoms with Crippen LogP contribution in [-0.4, -0.2) is 27.6 Å². The van der Waals surface area contributed by atoms with Gasteiger partial charge in [0, 0.05) is 55.5 Å². The van der Waals surface area contributed by atoms with Crippen molar-refractivity contribution in [2.24, 2.45) is 28.2 Å². The zero-order valence-electron chi connectivity index (χ0n) is 39.0. The summed E-state index contributed by atoms with van der Waals surface area (Å²) in [7, 11) is 8.36. The number of thiophene rings is 1. The Labute approximate surface area is 380 Å². The van der Waals surface area contributed by atoms with Gasteiger partial charge in [0.15, 0.2) is 22.5 Å². The quantitative estimate of drug-likeness (QED) is 0.165. The topological polar surface area (TPSA) is 85.2 Å². The molecule has 0 fully saturated rings. The lowest BCUT2D eigenvalue weighted by Crippen LogP contribution is -2.30. The standard InChI is InChI=1S/C13H15N2O.C13H15N2S.C12H14N3O.C12H14N3S/c2*1-4-12-14(3)7-11-13-10(5-6-15(11)12)9(2)8-16-13;2*1-4-11-14(3)7-10-12-9(5-6-15(10)11)13-8(2)16-12/h2*5-8H,4H2,1-3H3;2*5-7H,4H2,1-3H3/q4*+1. The zero-order chi connectivity index (χ0) is 45.1. The zero-order valence-corrected chi connectivity index (χ0v) is 40.6. The van der Waals surface area contributed by atoms with Crippen molar-refractivity contribution in [1.82, 2.24) is 27.6 Å². The van der Waals surface area contributed by atoms with Crippen LogP contribution in [0.15, 0.2) is 94.3 Å². The highest BCUT2D eigenvalue weighted by Gasteiger charge is 2.22. The first-order valence-electron chi connectivity index (χ1n) is 22.1. The molecule has 12 nitrogen and oxygen atoms in total. The summed E-state index contributed by atoms with van der Waals surface area (Å²) in [4.78, 5) is 8.86. The molecule has 0 saturated heterocycles. The molecule has 0 bridgehead atoms. The predicted octanol–water partition coefficient (Wildman–Crippen LogP) is 9.25. The Hall–Kier alpha value is -6.38. The second-order valence-electron chi connectivity index (χ2n) is 16.5. The van der Waals surface area contributed by atoms with E-state index in [1.54, 1.807) is 11.3 Å². The fourth-order valence-corrected chi connectivity index (χ4v) is 11.3. The van der Waals surface area contributed by atoms with Gasteiger partial charge in [-0.1, -0.05) is 27.7 Å². The molecule has 0 unspecified atom stereocenters. The van der Waals surface area contributed by atoms with E-state index in [1.807, 2.05) is 30.6 Å². The normalized spacial score (nSPS) is 11.7. The first-order chi connectivity index (χ1) is 30.8. The molecule has 0 N–H and O–H groups in total. The summed E-state index contributed by atoms with van der Waals surface area (Å²) in [5, 5.41) is 5.96. The van der Waals surface area contributed by atoms with E-state index in [9.17, 15) is 0 Å². The number of pyridine rings is 4. The summed E-state index contributed by atoms with van der Waals surface area (Å²) in [6.07, 6.45) is 23.0. The fourth-order valence-electron chi connectivity index (χ4n) is 9.32. The maximum Gasteiger partial charge on any atom is 0.261 e. The van der Waals surface area contributed by atoms with Gasteiger partial charge in [-0.15, -0.1) is 22.7 Å². The van der Waals surface area contributed by atoms with Crippen molar-refractivity contribution < 1.29 is 27.1 Å². The van der Waals surface area contributed by atoms with E-state index in [0.717, 1.165) is 63.9 Å². The number of oxazole rings is 1. The van der Waals surface area contributed by atoms with E-state index >= 15 is 0 Å². The number of nitrogens with zero attached hydrogens (tertiary/aromatic N) is 10. The van der Waals surface area contributed by atoms with Gasteiger partial charge < -0.3 is 8.83 Å². The second-order valence-corrected chi connectivity index (χ2v) is 18.6. The highest BCUT2D eigenvalue weighted by atomic mass is 32.1. The molecule has 0 spiro atoms. The minimum absolute atomic E-state index is 0.713. The summed E-state index contributed by atoms with van der Waals surface area (Å²) >= 11 is 3.61. The molecule has 0 aliphatic carbocycles. The lowest BCUT2D eigenvalue weighted by molar-refractivity contribution is -0.677. The van der Waals surface area contributed by atoms with Crippen LogP contribution in [0.4, 0.5) is 0 Å². The maximum absolute atomic E-state index is 5.65. The summed E-state index contributed by atoms with van der Waals surface area (Å²) in [6, 6.07) is 8.46. The van der Waals surface area contributed by atoms with Crippen LogP contribution in [0.5, 0.6) is 0 Å². The lowest BCUT2D eigenvalue weighted by atomic mass is 10.2. The molecular formula is C50H58N10O2S2+4. The van der Waals surface area contributed by atoms with E-state index in [-0.39, 0.29) is 0 Å². The van der Waals surface area contributed by atoms with Gasteiger partial charge >= 0.3 is 0 Å². The van der Waals surface area contributed by atoms with Gasteiger partial charge in [-0.25, -0.2) is 28.2 Å². The van der Waals surface area contributed by atoms with E-state index in [0.29, 0.717) is 5.89 Å². The molecule has 0 saturated carbocycles. The third-order valence-electron chi connectivity index (χ3n) is 12.3. The third kappa shape index (κ3) is 7.22. The summed E-state index contributed by atoms with van der Waals surface area (Å²) < 4.78 is 31.6. The molecule has 12 rings (SSSR count). The first-order valence-corrected chi connectivity index (χ1v) is 23.8. The molecule has 14 heteroatoms. The Balaban J connectivity index is 0.000000108. The second kappa shape index (κ2) is 17.0. The Kier molecular flexibility index (Phi) is 11.4. The summed E-state index contributed by atoms with van der Waals surface area (Å²) in [5.74, 6) is 5.92. The number of aryl methyl sites for hydroxylation is 12. The Morgan fingerprint density at radius 2 is 1.00 bits per heavy atom. The van der Waals surface area contributed by atoms with Crippen LogP contribution >= 0.6 is 22.7 Å². The molecule has 0 aromatic carbocycles. The maximum atomic E-state index is 5.65. The van der Waals surface area contributed by atoms with Crippen LogP contribution < -0.4 is 18.3 Å². The molecule has 0 radical (unpaired) electrons. The van der Waals surface area contributed by atoms with Gasteiger partial charge in [0.1, 0.15) is 35.0 Å². The number of aromatic nitrogens is 10. The molecule has 12 aromatic rings. The average molecular weight is 895 g/mol. The van der Waals surface area contributed by atoms with Gasteiger partial charge in [-0.3, -0.25) is 0 Å². The number of hydrogen-bond acceptors (Lipinski definition) is 6. The molecule has 0 aliphatic heterocycles. The van der Waals surface area contributed by atoms with Crippen LogP contribution in [0.1, 0.15) is 73.0 Å². The molecular weight excluding hydrogens is 837 g/mol. The van der Waals surface area contributed by atoms with Crippen molar-refractivity contribution in [3.05, 3.63) is 131 Å². The smallest absolute Gasteiger partial charge is 0.261 e. The van der Waals surface area contributed by atoms with Gasteiger partial charge in [-0.05, 0) is 49.4 Å². The van der Waals surface area contributed by atoms with Crippen molar-refractivity contribution in [2.75, 3.05) is 0 Å². The van der Waals surface area contributed by atoms with Crippen LogP contribution in [0.2, 0.25) is 0 Å². The van der Waals surface area contributed by atoms with Crippen LogP contribution in [0.3, 0.4) is 0 Å². The van der Waals surface area contributed by atoms with Crippen LogP contribution in [-0.2, 0) is 53.9 Å². The van der Waals surface area contributed by atoms with Crippen molar-refractivity contribution >= 4 is 87.1 Å². The first kappa shape index (κ1) is 42.9.